The van der Waals surface area contributed by atoms with Crippen LogP contribution in [-0.4, -0.2) is 44.7 Å². The molecule has 0 radical (unpaired) electrons. The van der Waals surface area contributed by atoms with E-state index in [4.69, 9.17) is 4.74 Å². The Kier molecular flexibility index (Phi) is 6.12. The van der Waals surface area contributed by atoms with Crippen molar-refractivity contribution in [3.05, 3.63) is 29.3 Å². The lowest BCUT2D eigenvalue weighted by molar-refractivity contribution is 0.0743. The molecule has 1 aliphatic heterocycles. The van der Waals surface area contributed by atoms with Crippen LogP contribution in [0.25, 0.3) is 0 Å². The molecule has 1 amide bonds. The maximum Gasteiger partial charge on any atom is 0.254 e. The van der Waals surface area contributed by atoms with Crippen molar-refractivity contribution >= 4 is 24.0 Å². The smallest absolute Gasteiger partial charge is 0.254 e. The summed E-state index contributed by atoms with van der Waals surface area (Å²) in [6, 6.07) is 5.90. The Morgan fingerprint density at radius 1 is 1.47 bits per heavy atom. The van der Waals surface area contributed by atoms with Gasteiger partial charge in [-0.2, -0.15) is 0 Å². The fourth-order valence-corrected chi connectivity index (χ4v) is 2.25. The van der Waals surface area contributed by atoms with Crippen molar-refractivity contribution in [3.63, 3.8) is 0 Å². The first kappa shape index (κ1) is 15.8. The zero-order chi connectivity index (χ0) is 13.0. The van der Waals surface area contributed by atoms with Gasteiger partial charge in [-0.3, -0.25) is 4.79 Å². The van der Waals surface area contributed by atoms with Crippen molar-refractivity contribution in [3.8, 4) is 0 Å². The highest BCUT2D eigenvalue weighted by Gasteiger charge is 2.19. The number of fused-ring (bicyclic) bond motifs is 1. The van der Waals surface area contributed by atoms with E-state index in [0.29, 0.717) is 13.2 Å². The molecule has 0 bridgehead atoms. The lowest BCUT2D eigenvalue weighted by Gasteiger charge is -2.23. The first-order valence-corrected chi connectivity index (χ1v) is 6.34. The molecule has 106 valence electrons. The average Bonchev–Trinajstić information content (AvgIpc) is 2.43. The molecule has 0 fully saturated rings. The number of carbonyl (C=O) groups excluding carboxylic acids is 1. The number of amides is 1. The van der Waals surface area contributed by atoms with E-state index in [1.165, 1.54) is 0 Å². The molecule has 0 saturated heterocycles. The van der Waals surface area contributed by atoms with Gasteiger partial charge in [-0.25, -0.2) is 0 Å². The van der Waals surface area contributed by atoms with E-state index in [1.54, 1.807) is 12.0 Å². The van der Waals surface area contributed by atoms with Crippen LogP contribution in [0.4, 0.5) is 5.69 Å². The van der Waals surface area contributed by atoms with Gasteiger partial charge in [-0.15, -0.1) is 12.4 Å². The van der Waals surface area contributed by atoms with Gasteiger partial charge in [0.05, 0.1) is 6.61 Å². The third-order valence-electron chi connectivity index (χ3n) is 3.30. The van der Waals surface area contributed by atoms with E-state index in [0.717, 1.165) is 36.2 Å². The van der Waals surface area contributed by atoms with Crippen molar-refractivity contribution in [2.24, 2.45) is 0 Å². The number of likely N-dealkylation sites (N-methyl/N-ethyl adjacent to an activating group) is 1. The second-order valence-corrected chi connectivity index (χ2v) is 4.58. The Morgan fingerprint density at radius 3 is 3.00 bits per heavy atom. The maximum absolute atomic E-state index is 12.4. The number of ether oxygens (including phenoxy) is 1. The summed E-state index contributed by atoms with van der Waals surface area (Å²) in [5.41, 5.74) is 3.07. The molecule has 4 nitrogen and oxygen atoms in total. The maximum atomic E-state index is 12.4. The van der Waals surface area contributed by atoms with Crippen LogP contribution in [0.2, 0.25) is 0 Å². The van der Waals surface area contributed by atoms with E-state index in [9.17, 15) is 4.79 Å². The Balaban J connectivity index is 0.00000180. The quantitative estimate of drug-likeness (QED) is 0.921. The first-order valence-electron chi connectivity index (χ1n) is 6.34. The number of methoxy groups -OCH3 is 1. The number of carbonyl (C=O) groups is 1. The Bertz CT molecular complexity index is 437. The summed E-state index contributed by atoms with van der Waals surface area (Å²) in [6.45, 7) is 2.17. The van der Waals surface area contributed by atoms with Gasteiger partial charge < -0.3 is 15.0 Å². The Hall–Kier alpha value is -1.26. The molecule has 1 N–H and O–H groups in total. The lowest BCUT2D eigenvalue weighted by atomic mass is 9.97. The van der Waals surface area contributed by atoms with Gasteiger partial charge in [-0.05, 0) is 30.5 Å². The van der Waals surface area contributed by atoms with Gasteiger partial charge in [0.25, 0.3) is 5.91 Å². The van der Waals surface area contributed by atoms with Gasteiger partial charge in [0.15, 0.2) is 0 Å². The average molecular weight is 285 g/mol. The molecule has 0 aliphatic carbocycles. The van der Waals surface area contributed by atoms with Crippen molar-refractivity contribution in [2.75, 3.05) is 39.2 Å². The van der Waals surface area contributed by atoms with E-state index in [1.807, 2.05) is 25.2 Å². The highest BCUT2D eigenvalue weighted by molar-refractivity contribution is 5.97. The molecule has 5 heteroatoms. The van der Waals surface area contributed by atoms with Crippen molar-refractivity contribution < 1.29 is 9.53 Å². The zero-order valence-electron chi connectivity index (χ0n) is 11.4. The predicted molar refractivity (Wildman–Crippen MR) is 79.3 cm³/mol. The van der Waals surface area contributed by atoms with Crippen LogP contribution in [0.15, 0.2) is 18.2 Å². The first-order chi connectivity index (χ1) is 8.74. The van der Waals surface area contributed by atoms with Gasteiger partial charge in [0, 0.05) is 38.5 Å². The number of rotatable bonds is 4. The van der Waals surface area contributed by atoms with Crippen LogP contribution in [-0.2, 0) is 11.2 Å². The largest absolute Gasteiger partial charge is 0.385 e. The van der Waals surface area contributed by atoms with Crippen molar-refractivity contribution in [1.29, 1.82) is 0 Å². The lowest BCUT2D eigenvalue weighted by Crippen LogP contribution is -2.31. The van der Waals surface area contributed by atoms with Crippen LogP contribution in [0, 0.1) is 0 Å². The molecule has 1 aliphatic rings. The van der Waals surface area contributed by atoms with Gasteiger partial charge in [0.1, 0.15) is 0 Å². The number of hydrogen-bond acceptors (Lipinski definition) is 3. The molecule has 1 heterocycles. The molecule has 1 aromatic rings. The number of nitrogens with one attached hydrogen (secondary N) is 1. The summed E-state index contributed by atoms with van der Waals surface area (Å²) in [7, 11) is 3.46. The summed E-state index contributed by atoms with van der Waals surface area (Å²) < 4.78 is 5.00. The van der Waals surface area contributed by atoms with E-state index >= 15 is 0 Å². The van der Waals surface area contributed by atoms with Crippen LogP contribution >= 0.6 is 12.4 Å². The molecule has 2 rings (SSSR count). The number of hydrogen-bond donors (Lipinski definition) is 1. The number of nitrogens with zero attached hydrogens (tertiary/aromatic N) is 1. The highest BCUT2D eigenvalue weighted by Crippen LogP contribution is 2.25. The SMILES string of the molecule is COCCN(C)C(=O)c1cccc2c1CCCN2.Cl. The molecule has 0 atom stereocenters. The summed E-state index contributed by atoms with van der Waals surface area (Å²) in [6.07, 6.45) is 2.06. The normalized spacial score (nSPS) is 12.9. The topological polar surface area (TPSA) is 41.6 Å². The van der Waals surface area contributed by atoms with E-state index < -0.39 is 0 Å². The molecular weight excluding hydrogens is 264 g/mol. The van der Waals surface area contributed by atoms with Crippen LogP contribution < -0.4 is 5.32 Å². The molecule has 0 aromatic heterocycles. The fourth-order valence-electron chi connectivity index (χ4n) is 2.25. The number of anilines is 1. The predicted octanol–water partition coefficient (Wildman–Crippen LogP) is 2.18. The summed E-state index contributed by atoms with van der Waals surface area (Å²) in [5.74, 6) is 0.0765. The minimum absolute atomic E-state index is 0. The van der Waals surface area contributed by atoms with Crippen LogP contribution in [0.3, 0.4) is 0 Å². The van der Waals surface area contributed by atoms with E-state index in [2.05, 4.69) is 5.32 Å². The fraction of sp³-hybridized carbons (Fsp3) is 0.500. The minimum Gasteiger partial charge on any atom is -0.385 e. The molecule has 1 aromatic carbocycles. The summed E-state index contributed by atoms with van der Waals surface area (Å²) in [5, 5.41) is 3.34. The standard InChI is InChI=1S/C14H20N2O2.ClH/c1-16(9-10-18-2)14(17)12-5-3-7-13-11(12)6-4-8-15-13;/h3,5,7,15H,4,6,8-10H2,1-2H3;1H. The summed E-state index contributed by atoms with van der Waals surface area (Å²) >= 11 is 0. The van der Waals surface area contributed by atoms with Gasteiger partial charge in [-0.1, -0.05) is 6.07 Å². The van der Waals surface area contributed by atoms with Crippen molar-refractivity contribution in [1.82, 2.24) is 4.90 Å². The third-order valence-corrected chi connectivity index (χ3v) is 3.30. The second kappa shape index (κ2) is 7.36. The molecular formula is C14H21ClN2O2. The van der Waals surface area contributed by atoms with Crippen molar-refractivity contribution in [2.45, 2.75) is 12.8 Å². The zero-order valence-corrected chi connectivity index (χ0v) is 12.3. The monoisotopic (exact) mass is 284 g/mol. The third kappa shape index (κ3) is 3.61. The number of benzene rings is 1. The molecule has 0 saturated carbocycles. The minimum atomic E-state index is 0. The summed E-state index contributed by atoms with van der Waals surface area (Å²) in [4.78, 5) is 14.1. The number of halogens is 1. The van der Waals surface area contributed by atoms with Gasteiger partial charge in [0.2, 0.25) is 0 Å². The molecule has 0 spiro atoms. The van der Waals surface area contributed by atoms with Crippen LogP contribution in [0.1, 0.15) is 22.3 Å². The molecule has 0 unspecified atom stereocenters. The van der Waals surface area contributed by atoms with Crippen LogP contribution in [0.5, 0.6) is 0 Å². The highest BCUT2D eigenvalue weighted by atomic mass is 35.5. The Labute approximate surface area is 120 Å². The van der Waals surface area contributed by atoms with Gasteiger partial charge >= 0.3 is 0 Å². The molecule has 19 heavy (non-hydrogen) atoms. The Morgan fingerprint density at radius 2 is 2.26 bits per heavy atom. The van der Waals surface area contributed by atoms with E-state index in [-0.39, 0.29) is 18.3 Å². The second-order valence-electron chi connectivity index (χ2n) is 4.58.